The van der Waals surface area contributed by atoms with Gasteiger partial charge in [-0.1, -0.05) is 42.8 Å². The van der Waals surface area contributed by atoms with E-state index in [0.717, 1.165) is 30.8 Å². The van der Waals surface area contributed by atoms with Crippen molar-refractivity contribution in [3.8, 4) is 5.69 Å². The molecule has 1 aliphatic carbocycles. The van der Waals surface area contributed by atoms with E-state index in [9.17, 15) is 0 Å². The second-order valence-corrected chi connectivity index (χ2v) is 11.5. The van der Waals surface area contributed by atoms with Crippen molar-refractivity contribution in [3.63, 3.8) is 0 Å². The first kappa shape index (κ1) is 22.1. The van der Waals surface area contributed by atoms with Gasteiger partial charge in [0, 0.05) is 42.5 Å². The lowest BCUT2D eigenvalue weighted by atomic mass is 9.63. The predicted octanol–water partition coefficient (Wildman–Crippen LogP) is 5.94. The number of H-pyrrole nitrogens is 1. The van der Waals surface area contributed by atoms with Crippen molar-refractivity contribution in [2.24, 2.45) is 0 Å². The smallest absolute Gasteiger partial charge is 0.225 e. The zero-order valence-corrected chi connectivity index (χ0v) is 22.0. The zero-order valence-electron chi connectivity index (χ0n) is 20.4. The fraction of sp³-hybridized carbons (Fsp3) is 0.321. The zero-order chi connectivity index (χ0) is 24.8. The third kappa shape index (κ3) is 2.83. The molecule has 6 nitrogen and oxygen atoms in total. The molecule has 1 aromatic carbocycles. The summed E-state index contributed by atoms with van der Waals surface area (Å²) in [5, 5.41) is 5.81. The van der Waals surface area contributed by atoms with Gasteiger partial charge in [-0.15, -0.1) is 11.6 Å². The number of nitrogens with one attached hydrogen (secondary N) is 1. The normalized spacial score (nSPS) is 23.8. The Labute approximate surface area is 220 Å². The van der Waals surface area contributed by atoms with Crippen LogP contribution >= 0.6 is 23.2 Å². The van der Waals surface area contributed by atoms with Gasteiger partial charge < -0.3 is 9.88 Å². The maximum absolute atomic E-state index is 7.16. The largest absolute Gasteiger partial charge is 0.363 e. The number of anilines is 1. The Bertz CT molecular complexity index is 1560. The van der Waals surface area contributed by atoms with Crippen LogP contribution in [0.25, 0.3) is 11.3 Å². The lowest BCUT2D eigenvalue weighted by Gasteiger charge is -2.45. The second kappa shape index (κ2) is 7.46. The number of hydrogen-bond acceptors (Lipinski definition) is 4. The summed E-state index contributed by atoms with van der Waals surface area (Å²) in [6.07, 6.45) is 9.33. The molecule has 36 heavy (non-hydrogen) atoms. The Morgan fingerprint density at radius 1 is 1.14 bits per heavy atom. The van der Waals surface area contributed by atoms with Gasteiger partial charge in [0.15, 0.2) is 0 Å². The third-order valence-electron chi connectivity index (χ3n) is 8.13. The van der Waals surface area contributed by atoms with Gasteiger partial charge in [0.05, 0.1) is 39.9 Å². The van der Waals surface area contributed by atoms with Crippen LogP contribution in [0.1, 0.15) is 60.1 Å². The molecular formula is C28H26Cl2N6. The number of fused-ring (bicyclic) bond motifs is 10. The van der Waals surface area contributed by atoms with Crippen LogP contribution in [0.3, 0.4) is 0 Å². The molecule has 3 aliphatic rings. The predicted molar refractivity (Wildman–Crippen MR) is 143 cm³/mol. The van der Waals surface area contributed by atoms with Crippen molar-refractivity contribution in [3.05, 3.63) is 93.3 Å². The molecule has 5 heterocycles. The second-order valence-electron chi connectivity index (χ2n) is 10.3. The lowest BCUT2D eigenvalue weighted by Crippen LogP contribution is -2.41. The molecule has 0 bridgehead atoms. The molecule has 0 saturated heterocycles. The Morgan fingerprint density at radius 3 is 2.72 bits per heavy atom. The van der Waals surface area contributed by atoms with Gasteiger partial charge in [-0.25, -0.2) is 14.6 Å². The molecule has 3 aromatic heterocycles. The highest BCUT2D eigenvalue weighted by Crippen LogP contribution is 2.58. The number of allylic oxidation sites excluding steroid dienone is 2. The van der Waals surface area contributed by atoms with E-state index in [-0.39, 0.29) is 0 Å². The Kier molecular flexibility index (Phi) is 4.59. The first-order valence-corrected chi connectivity index (χ1v) is 13.2. The van der Waals surface area contributed by atoms with Gasteiger partial charge >= 0.3 is 0 Å². The molecule has 0 saturated carbocycles. The number of nitrogens with zero attached hydrogens (tertiary/aromatic N) is 5. The number of alkyl halides is 1. The van der Waals surface area contributed by atoms with Gasteiger partial charge in [0.25, 0.3) is 0 Å². The molecule has 7 rings (SSSR count). The van der Waals surface area contributed by atoms with Crippen molar-refractivity contribution in [2.45, 2.75) is 50.4 Å². The Morgan fingerprint density at radius 2 is 1.94 bits per heavy atom. The van der Waals surface area contributed by atoms with E-state index >= 15 is 0 Å². The van der Waals surface area contributed by atoms with Gasteiger partial charge in [-0.05, 0) is 43.0 Å². The molecule has 2 atom stereocenters. The number of aryl methyl sites for hydroxylation is 1. The van der Waals surface area contributed by atoms with Crippen molar-refractivity contribution in [1.29, 1.82) is 0 Å². The maximum atomic E-state index is 7.16. The van der Waals surface area contributed by atoms with Crippen LogP contribution in [0.4, 0.5) is 5.95 Å². The average Bonchev–Trinajstić information content (AvgIpc) is 3.52. The van der Waals surface area contributed by atoms with Gasteiger partial charge in [-0.3, -0.25) is 0 Å². The number of benzene rings is 1. The van der Waals surface area contributed by atoms with Crippen LogP contribution < -0.4 is 4.90 Å². The minimum absolute atomic E-state index is 0.409. The number of aromatic nitrogens is 5. The van der Waals surface area contributed by atoms with Crippen LogP contribution in [0.2, 0.25) is 5.02 Å². The fourth-order valence-electron chi connectivity index (χ4n) is 6.46. The van der Waals surface area contributed by atoms with Gasteiger partial charge in [0.2, 0.25) is 5.95 Å². The molecule has 2 aliphatic heterocycles. The molecule has 8 heteroatoms. The van der Waals surface area contributed by atoms with E-state index in [2.05, 4.69) is 75.6 Å². The molecule has 2 unspecified atom stereocenters. The van der Waals surface area contributed by atoms with Crippen LogP contribution in [-0.2, 0) is 29.7 Å². The SMILES string of the molecule is CCc1cccc2c1-n1nc3c(c1C1(C)C2=CC(C)(Cl)c2[nH]ccc21)CN(c1ncc(Cl)cn1)CC3. The van der Waals surface area contributed by atoms with Crippen LogP contribution in [0, 0.1) is 0 Å². The van der Waals surface area contributed by atoms with Crippen LogP contribution in [0.5, 0.6) is 0 Å². The monoisotopic (exact) mass is 516 g/mol. The topological polar surface area (TPSA) is 62.6 Å². The Hall–Kier alpha value is -3.09. The van der Waals surface area contributed by atoms with E-state index < -0.39 is 10.3 Å². The average molecular weight is 517 g/mol. The van der Waals surface area contributed by atoms with Crippen LogP contribution in [0.15, 0.2) is 48.9 Å². The van der Waals surface area contributed by atoms with E-state index in [1.165, 1.54) is 39.2 Å². The highest BCUT2D eigenvalue weighted by Gasteiger charge is 2.51. The van der Waals surface area contributed by atoms with Gasteiger partial charge in [0.1, 0.15) is 4.87 Å². The van der Waals surface area contributed by atoms with Crippen molar-refractivity contribution < 1.29 is 0 Å². The first-order chi connectivity index (χ1) is 17.3. The standard InChI is InChI=1S/C28H26Cl2N6/c1-4-16-6-5-7-18-21-12-27(2,30)24-20(8-10-31-24)28(21,3)25-19-15-35(26-32-13-17(29)14-33-26)11-9-22(19)34-36(25)23(16)18/h5-8,10,12-14,31H,4,9,11,15H2,1-3H3. The first-order valence-electron chi connectivity index (χ1n) is 12.4. The number of rotatable bonds is 2. The highest BCUT2D eigenvalue weighted by atomic mass is 35.5. The summed E-state index contributed by atoms with van der Waals surface area (Å²) in [5.74, 6) is 0.690. The third-order valence-corrected chi connectivity index (χ3v) is 8.62. The summed E-state index contributed by atoms with van der Waals surface area (Å²) in [7, 11) is 0. The minimum Gasteiger partial charge on any atom is -0.363 e. The molecule has 0 spiro atoms. The molecule has 0 fully saturated rings. The number of para-hydroxylation sites is 1. The van der Waals surface area contributed by atoms with Gasteiger partial charge in [-0.2, -0.15) is 5.10 Å². The molecule has 0 amide bonds. The van der Waals surface area contributed by atoms with Crippen LogP contribution in [-0.4, -0.2) is 31.3 Å². The number of halogens is 2. The number of aromatic amines is 1. The molecular weight excluding hydrogens is 491 g/mol. The number of hydrogen-bond donors (Lipinski definition) is 1. The molecule has 0 radical (unpaired) electrons. The van der Waals surface area contributed by atoms with E-state index in [1.807, 2.05) is 6.20 Å². The van der Waals surface area contributed by atoms with Crippen molar-refractivity contribution >= 4 is 34.7 Å². The van der Waals surface area contributed by atoms with E-state index in [4.69, 9.17) is 28.3 Å². The minimum atomic E-state index is -0.626. The summed E-state index contributed by atoms with van der Waals surface area (Å²) < 4.78 is 2.23. The summed E-state index contributed by atoms with van der Waals surface area (Å²) >= 11 is 13.2. The maximum Gasteiger partial charge on any atom is 0.225 e. The summed E-state index contributed by atoms with van der Waals surface area (Å²) in [4.78, 5) is 14.0. The molecule has 182 valence electrons. The quantitative estimate of drug-likeness (QED) is 0.335. The summed E-state index contributed by atoms with van der Waals surface area (Å²) in [6, 6.07) is 8.78. The van der Waals surface area contributed by atoms with Crippen molar-refractivity contribution in [2.75, 3.05) is 11.4 Å². The summed E-state index contributed by atoms with van der Waals surface area (Å²) in [6.45, 7) is 8.10. The fourth-order valence-corrected chi connectivity index (χ4v) is 6.82. The summed E-state index contributed by atoms with van der Waals surface area (Å²) in [5.41, 5.74) is 10.3. The Balaban J connectivity index is 1.51. The lowest BCUT2D eigenvalue weighted by molar-refractivity contribution is 0.598. The molecule has 4 aromatic rings. The highest BCUT2D eigenvalue weighted by molar-refractivity contribution is 6.30. The van der Waals surface area contributed by atoms with Crippen molar-refractivity contribution in [1.82, 2.24) is 24.7 Å². The molecule has 1 N–H and O–H groups in total. The van der Waals surface area contributed by atoms with E-state index in [0.29, 0.717) is 17.5 Å². The van der Waals surface area contributed by atoms with E-state index in [1.54, 1.807) is 12.4 Å².